The van der Waals surface area contributed by atoms with Crippen molar-refractivity contribution in [2.24, 2.45) is 5.92 Å². The summed E-state index contributed by atoms with van der Waals surface area (Å²) in [5.41, 5.74) is 0.678. The Balaban J connectivity index is 2.09. The van der Waals surface area contributed by atoms with Crippen LogP contribution in [0.4, 0.5) is 0 Å². The van der Waals surface area contributed by atoms with Crippen LogP contribution < -0.4 is 5.43 Å². The maximum Gasteiger partial charge on any atom is 0.224 e. The molecule has 0 aliphatic rings. The molecule has 0 bridgehead atoms. The molecule has 0 radical (unpaired) electrons. The molecular formula is C19H28N4O2. The number of benzene rings is 1. The predicted molar refractivity (Wildman–Crippen MR) is 101 cm³/mol. The van der Waals surface area contributed by atoms with Gasteiger partial charge in [0, 0.05) is 31.4 Å². The van der Waals surface area contributed by atoms with Crippen LogP contribution in [0.2, 0.25) is 0 Å². The van der Waals surface area contributed by atoms with Crippen molar-refractivity contribution < 1.29 is 4.79 Å². The second-order valence-electron chi connectivity index (χ2n) is 7.04. The van der Waals surface area contributed by atoms with Crippen LogP contribution in [-0.4, -0.2) is 59.2 Å². The van der Waals surface area contributed by atoms with E-state index in [1.54, 1.807) is 10.7 Å². The molecule has 136 valence electrons. The van der Waals surface area contributed by atoms with Gasteiger partial charge in [0.2, 0.25) is 11.3 Å². The predicted octanol–water partition coefficient (Wildman–Crippen LogP) is 1.83. The molecule has 1 amide bonds. The zero-order chi connectivity index (χ0) is 18.4. The molecule has 0 spiro atoms. The Morgan fingerprint density at radius 3 is 2.60 bits per heavy atom. The summed E-state index contributed by atoms with van der Waals surface area (Å²) in [5, 5.41) is 4.83. The molecule has 0 aliphatic carbocycles. The summed E-state index contributed by atoms with van der Waals surface area (Å²) in [6.07, 6.45) is 1.70. The van der Waals surface area contributed by atoms with E-state index in [1.807, 2.05) is 37.2 Å². The highest BCUT2D eigenvalue weighted by Gasteiger charge is 2.15. The summed E-state index contributed by atoms with van der Waals surface area (Å²) in [4.78, 5) is 28.6. The van der Waals surface area contributed by atoms with Crippen molar-refractivity contribution >= 4 is 16.8 Å². The Morgan fingerprint density at radius 1 is 1.20 bits per heavy atom. The first kappa shape index (κ1) is 19.1. The summed E-state index contributed by atoms with van der Waals surface area (Å²) < 4.78 is 1.74. The lowest BCUT2D eigenvalue weighted by atomic mass is 10.2. The number of aromatic nitrogens is 2. The van der Waals surface area contributed by atoms with E-state index in [1.165, 1.54) is 6.20 Å². The average molecular weight is 344 g/mol. The number of hydrogen-bond acceptors (Lipinski definition) is 4. The van der Waals surface area contributed by atoms with Gasteiger partial charge in [0.1, 0.15) is 0 Å². The van der Waals surface area contributed by atoms with Crippen molar-refractivity contribution in [3.63, 3.8) is 0 Å². The van der Waals surface area contributed by atoms with Gasteiger partial charge in [-0.1, -0.05) is 26.0 Å². The highest BCUT2D eigenvalue weighted by molar-refractivity contribution is 5.79. The SMILES string of the molecule is CC(C)CN(CCN(C)C)C(=O)CCn1ncc(=O)c2ccccc21. The Bertz CT molecular complexity index is 767. The third-order valence-electron chi connectivity index (χ3n) is 4.05. The highest BCUT2D eigenvalue weighted by atomic mass is 16.2. The first-order valence-electron chi connectivity index (χ1n) is 8.76. The fourth-order valence-corrected chi connectivity index (χ4v) is 2.78. The van der Waals surface area contributed by atoms with Crippen molar-refractivity contribution in [3.8, 4) is 0 Å². The molecule has 1 aromatic carbocycles. The topological polar surface area (TPSA) is 58.4 Å². The van der Waals surface area contributed by atoms with Gasteiger partial charge in [0.05, 0.1) is 18.3 Å². The Kier molecular flexibility index (Phi) is 6.70. The number of rotatable bonds is 8. The number of hydrogen-bond donors (Lipinski definition) is 0. The molecule has 0 N–H and O–H groups in total. The van der Waals surface area contributed by atoms with Crippen molar-refractivity contribution in [2.45, 2.75) is 26.8 Å². The number of nitrogens with zero attached hydrogens (tertiary/aromatic N) is 4. The summed E-state index contributed by atoms with van der Waals surface area (Å²) in [5.74, 6) is 0.553. The van der Waals surface area contributed by atoms with Crippen LogP contribution in [0.3, 0.4) is 0 Å². The minimum absolute atomic E-state index is 0.0920. The third kappa shape index (κ3) is 5.39. The molecule has 0 saturated heterocycles. The van der Waals surface area contributed by atoms with Crippen molar-refractivity contribution in [1.29, 1.82) is 0 Å². The lowest BCUT2D eigenvalue weighted by molar-refractivity contribution is -0.132. The Labute approximate surface area is 149 Å². The normalized spacial score (nSPS) is 11.4. The van der Waals surface area contributed by atoms with E-state index in [4.69, 9.17) is 0 Å². The van der Waals surface area contributed by atoms with Crippen LogP contribution in [0.5, 0.6) is 0 Å². The summed E-state index contributed by atoms with van der Waals surface area (Å²) >= 11 is 0. The molecule has 1 heterocycles. The molecule has 0 atom stereocenters. The van der Waals surface area contributed by atoms with E-state index >= 15 is 0 Å². The van der Waals surface area contributed by atoms with Crippen LogP contribution >= 0.6 is 0 Å². The zero-order valence-corrected chi connectivity index (χ0v) is 15.6. The fourth-order valence-electron chi connectivity index (χ4n) is 2.78. The molecule has 0 aliphatic heterocycles. The number of amides is 1. The summed E-state index contributed by atoms with van der Waals surface area (Å²) in [7, 11) is 4.02. The van der Waals surface area contributed by atoms with Gasteiger partial charge in [-0.15, -0.1) is 0 Å². The molecule has 6 heteroatoms. The van der Waals surface area contributed by atoms with Gasteiger partial charge in [0.15, 0.2) is 0 Å². The van der Waals surface area contributed by atoms with Gasteiger partial charge >= 0.3 is 0 Å². The maximum absolute atomic E-state index is 12.7. The molecule has 2 rings (SSSR count). The molecule has 2 aromatic rings. The first-order chi connectivity index (χ1) is 11.9. The number of likely N-dealkylation sites (N-methyl/N-ethyl adjacent to an activating group) is 1. The van der Waals surface area contributed by atoms with E-state index in [0.717, 1.165) is 25.2 Å². The minimum atomic E-state index is -0.0920. The van der Waals surface area contributed by atoms with Gasteiger partial charge in [-0.2, -0.15) is 5.10 Å². The van der Waals surface area contributed by atoms with Gasteiger partial charge in [-0.3, -0.25) is 14.3 Å². The molecule has 0 saturated carbocycles. The van der Waals surface area contributed by atoms with Crippen molar-refractivity contribution in [1.82, 2.24) is 19.6 Å². The maximum atomic E-state index is 12.7. The van der Waals surface area contributed by atoms with Gasteiger partial charge < -0.3 is 9.80 Å². The van der Waals surface area contributed by atoms with E-state index in [0.29, 0.717) is 24.3 Å². The molecule has 0 unspecified atom stereocenters. The van der Waals surface area contributed by atoms with Crippen LogP contribution in [0.25, 0.3) is 10.9 Å². The lowest BCUT2D eigenvalue weighted by Crippen LogP contribution is -2.39. The van der Waals surface area contributed by atoms with E-state index in [2.05, 4.69) is 23.8 Å². The largest absolute Gasteiger partial charge is 0.341 e. The summed E-state index contributed by atoms with van der Waals surface area (Å²) in [6, 6.07) is 7.38. The quantitative estimate of drug-likeness (QED) is 0.733. The second-order valence-corrected chi connectivity index (χ2v) is 7.04. The van der Waals surface area contributed by atoms with Gasteiger partial charge in [-0.05, 0) is 32.1 Å². The minimum Gasteiger partial charge on any atom is -0.341 e. The first-order valence-corrected chi connectivity index (χ1v) is 8.76. The second kappa shape index (κ2) is 8.76. The molecule has 6 nitrogen and oxygen atoms in total. The Morgan fingerprint density at radius 2 is 1.92 bits per heavy atom. The van der Waals surface area contributed by atoms with E-state index in [9.17, 15) is 9.59 Å². The summed E-state index contributed by atoms with van der Waals surface area (Å²) in [6.45, 7) is 7.03. The number of carbonyl (C=O) groups is 1. The lowest BCUT2D eigenvalue weighted by Gasteiger charge is -2.26. The smallest absolute Gasteiger partial charge is 0.224 e. The molecule has 0 fully saturated rings. The van der Waals surface area contributed by atoms with Crippen LogP contribution in [0.15, 0.2) is 35.3 Å². The standard InChI is InChI=1S/C19H28N4O2/c1-15(2)14-22(12-11-21(3)4)19(25)9-10-23-17-8-6-5-7-16(17)18(24)13-20-23/h5-8,13,15H,9-12,14H2,1-4H3. The van der Waals surface area contributed by atoms with E-state index in [-0.39, 0.29) is 11.3 Å². The number of carbonyl (C=O) groups excluding carboxylic acids is 1. The van der Waals surface area contributed by atoms with Crippen LogP contribution in [-0.2, 0) is 11.3 Å². The van der Waals surface area contributed by atoms with Crippen LogP contribution in [0.1, 0.15) is 20.3 Å². The number of aryl methyl sites for hydroxylation is 1. The van der Waals surface area contributed by atoms with Crippen molar-refractivity contribution in [3.05, 3.63) is 40.7 Å². The molecular weight excluding hydrogens is 316 g/mol. The third-order valence-corrected chi connectivity index (χ3v) is 4.05. The average Bonchev–Trinajstić information content (AvgIpc) is 2.57. The van der Waals surface area contributed by atoms with Crippen molar-refractivity contribution in [2.75, 3.05) is 33.7 Å². The van der Waals surface area contributed by atoms with Gasteiger partial charge in [0.25, 0.3) is 0 Å². The van der Waals surface area contributed by atoms with Crippen LogP contribution in [0, 0.1) is 5.92 Å². The Hall–Kier alpha value is -2.21. The molecule has 25 heavy (non-hydrogen) atoms. The fraction of sp³-hybridized carbons (Fsp3) is 0.526. The zero-order valence-electron chi connectivity index (χ0n) is 15.6. The van der Waals surface area contributed by atoms with Gasteiger partial charge in [-0.25, -0.2) is 0 Å². The monoisotopic (exact) mass is 344 g/mol. The highest BCUT2D eigenvalue weighted by Crippen LogP contribution is 2.09. The van der Waals surface area contributed by atoms with E-state index < -0.39 is 0 Å². The number of para-hydroxylation sites is 1. The number of fused-ring (bicyclic) bond motifs is 1. The molecule has 1 aromatic heterocycles.